The van der Waals surface area contributed by atoms with Crippen LogP contribution < -0.4 is 20.9 Å². The summed E-state index contributed by atoms with van der Waals surface area (Å²) >= 11 is 0. The molecule has 0 aromatic heterocycles. The Morgan fingerprint density at radius 1 is 1.05 bits per heavy atom. The van der Waals surface area contributed by atoms with Gasteiger partial charge in [0.2, 0.25) is 0 Å². The van der Waals surface area contributed by atoms with Crippen molar-refractivity contribution in [3.05, 3.63) is 23.3 Å². The van der Waals surface area contributed by atoms with Gasteiger partial charge in [0.15, 0.2) is 0 Å². The van der Waals surface area contributed by atoms with Crippen molar-refractivity contribution in [2.45, 2.75) is 46.0 Å². The molecule has 0 fully saturated rings. The van der Waals surface area contributed by atoms with Gasteiger partial charge in [0.25, 0.3) is 5.91 Å². The van der Waals surface area contributed by atoms with E-state index in [9.17, 15) is 4.79 Å². The number of amides is 1. The summed E-state index contributed by atoms with van der Waals surface area (Å²) in [6, 6.07) is 3.50. The van der Waals surface area contributed by atoms with Gasteiger partial charge in [0.05, 0.1) is 18.8 Å². The lowest BCUT2D eigenvalue weighted by Gasteiger charge is -2.15. The third-order valence-electron chi connectivity index (χ3n) is 3.40. The lowest BCUT2D eigenvalue weighted by Crippen LogP contribution is -2.14. The minimum atomic E-state index is -0.491. The second-order valence-corrected chi connectivity index (χ2v) is 5.38. The number of carbonyl (C=O) groups is 1. The van der Waals surface area contributed by atoms with Gasteiger partial charge in [0.1, 0.15) is 11.5 Å². The second-order valence-electron chi connectivity index (χ2n) is 5.38. The number of nitrogens with two attached hydrogens (primary N) is 2. The number of hydrogen-bond acceptors (Lipinski definition) is 4. The van der Waals surface area contributed by atoms with E-state index in [1.807, 2.05) is 6.92 Å². The van der Waals surface area contributed by atoms with Gasteiger partial charge in [0, 0.05) is 6.07 Å². The Hall–Kier alpha value is -1.75. The fourth-order valence-electron chi connectivity index (χ4n) is 2.10. The van der Waals surface area contributed by atoms with Gasteiger partial charge in [-0.15, -0.1) is 0 Å². The SMILES string of the molecule is CCCCCOc1cc(OCCCCN)c(C(N)=O)cc1C. The highest BCUT2D eigenvalue weighted by Crippen LogP contribution is 2.29. The molecule has 0 aliphatic carbocycles. The molecule has 1 aromatic carbocycles. The van der Waals surface area contributed by atoms with Crippen molar-refractivity contribution >= 4 is 5.91 Å². The van der Waals surface area contributed by atoms with Crippen molar-refractivity contribution < 1.29 is 14.3 Å². The zero-order valence-corrected chi connectivity index (χ0v) is 13.7. The van der Waals surface area contributed by atoms with Crippen LogP contribution in [0.3, 0.4) is 0 Å². The molecule has 0 saturated carbocycles. The second kappa shape index (κ2) is 10.1. The summed E-state index contributed by atoms with van der Waals surface area (Å²) in [4.78, 5) is 11.6. The maximum absolute atomic E-state index is 11.6. The molecular formula is C17H28N2O3. The lowest BCUT2D eigenvalue weighted by atomic mass is 10.1. The first-order valence-corrected chi connectivity index (χ1v) is 8.00. The van der Waals surface area contributed by atoms with Gasteiger partial charge in [-0.05, 0) is 44.4 Å². The minimum Gasteiger partial charge on any atom is -0.493 e. The molecule has 4 N–H and O–H groups in total. The Kier molecular flexibility index (Phi) is 8.36. The molecule has 22 heavy (non-hydrogen) atoms. The van der Waals surface area contributed by atoms with E-state index in [1.165, 1.54) is 0 Å². The average Bonchev–Trinajstić information content (AvgIpc) is 2.49. The quantitative estimate of drug-likeness (QED) is 0.615. The van der Waals surface area contributed by atoms with E-state index in [4.69, 9.17) is 20.9 Å². The number of unbranched alkanes of at least 4 members (excludes halogenated alkanes) is 3. The van der Waals surface area contributed by atoms with E-state index in [1.54, 1.807) is 12.1 Å². The Morgan fingerprint density at radius 2 is 1.68 bits per heavy atom. The van der Waals surface area contributed by atoms with Crippen molar-refractivity contribution in [1.82, 2.24) is 0 Å². The minimum absolute atomic E-state index is 0.395. The van der Waals surface area contributed by atoms with Crippen molar-refractivity contribution in [2.75, 3.05) is 19.8 Å². The Labute approximate surface area is 133 Å². The number of benzene rings is 1. The topological polar surface area (TPSA) is 87.6 Å². The summed E-state index contributed by atoms with van der Waals surface area (Å²) in [7, 11) is 0. The highest BCUT2D eigenvalue weighted by Gasteiger charge is 2.14. The molecule has 1 amide bonds. The van der Waals surface area contributed by atoms with E-state index in [0.29, 0.717) is 31.1 Å². The molecule has 0 bridgehead atoms. The van der Waals surface area contributed by atoms with E-state index in [-0.39, 0.29) is 0 Å². The predicted octanol–water partition coefficient (Wildman–Crippen LogP) is 2.78. The van der Waals surface area contributed by atoms with Gasteiger partial charge in [-0.1, -0.05) is 19.8 Å². The third-order valence-corrected chi connectivity index (χ3v) is 3.40. The molecule has 5 heteroatoms. The Balaban J connectivity index is 2.78. The van der Waals surface area contributed by atoms with Crippen LogP contribution in [0, 0.1) is 6.92 Å². The van der Waals surface area contributed by atoms with Gasteiger partial charge in [-0.2, -0.15) is 0 Å². The highest BCUT2D eigenvalue weighted by molar-refractivity contribution is 5.96. The third kappa shape index (κ3) is 5.93. The molecule has 0 heterocycles. The maximum Gasteiger partial charge on any atom is 0.252 e. The normalized spacial score (nSPS) is 10.5. The number of aryl methyl sites for hydroxylation is 1. The molecule has 0 unspecified atom stereocenters. The van der Waals surface area contributed by atoms with E-state index in [0.717, 1.165) is 43.4 Å². The van der Waals surface area contributed by atoms with Crippen LogP contribution in [-0.2, 0) is 0 Å². The van der Waals surface area contributed by atoms with Crippen LogP contribution in [-0.4, -0.2) is 25.7 Å². The van der Waals surface area contributed by atoms with Crippen molar-refractivity contribution in [2.24, 2.45) is 11.5 Å². The number of carbonyl (C=O) groups excluding carboxylic acids is 1. The van der Waals surface area contributed by atoms with Crippen molar-refractivity contribution in [3.8, 4) is 11.5 Å². The molecule has 0 aliphatic heterocycles. The van der Waals surface area contributed by atoms with E-state index >= 15 is 0 Å². The largest absolute Gasteiger partial charge is 0.493 e. The van der Waals surface area contributed by atoms with Crippen LogP contribution in [0.25, 0.3) is 0 Å². The molecule has 1 rings (SSSR count). The number of rotatable bonds is 11. The molecule has 0 radical (unpaired) electrons. The van der Waals surface area contributed by atoms with E-state index in [2.05, 4.69) is 6.92 Å². The summed E-state index contributed by atoms with van der Waals surface area (Å²) in [5.41, 5.74) is 12.2. The van der Waals surface area contributed by atoms with Gasteiger partial charge >= 0.3 is 0 Å². The smallest absolute Gasteiger partial charge is 0.252 e. The van der Waals surface area contributed by atoms with Crippen LogP contribution in [0.1, 0.15) is 54.9 Å². The molecular weight excluding hydrogens is 280 g/mol. The first kappa shape index (κ1) is 18.3. The fraction of sp³-hybridized carbons (Fsp3) is 0.588. The number of primary amides is 1. The number of ether oxygens (including phenoxy) is 2. The van der Waals surface area contributed by atoms with Gasteiger partial charge in [-0.3, -0.25) is 4.79 Å². The predicted molar refractivity (Wildman–Crippen MR) is 88.5 cm³/mol. The number of hydrogen-bond donors (Lipinski definition) is 2. The zero-order chi connectivity index (χ0) is 16.4. The monoisotopic (exact) mass is 308 g/mol. The molecule has 5 nitrogen and oxygen atoms in total. The van der Waals surface area contributed by atoms with Crippen molar-refractivity contribution in [1.29, 1.82) is 0 Å². The molecule has 1 aromatic rings. The zero-order valence-electron chi connectivity index (χ0n) is 13.7. The maximum atomic E-state index is 11.6. The van der Waals surface area contributed by atoms with Crippen LogP contribution in [0.15, 0.2) is 12.1 Å². The van der Waals surface area contributed by atoms with Gasteiger partial charge in [-0.25, -0.2) is 0 Å². The van der Waals surface area contributed by atoms with Crippen LogP contribution >= 0.6 is 0 Å². The van der Waals surface area contributed by atoms with Crippen LogP contribution in [0.5, 0.6) is 11.5 Å². The molecule has 0 aliphatic rings. The fourth-order valence-corrected chi connectivity index (χ4v) is 2.10. The van der Waals surface area contributed by atoms with E-state index < -0.39 is 5.91 Å². The van der Waals surface area contributed by atoms with Crippen LogP contribution in [0.4, 0.5) is 0 Å². The molecule has 0 saturated heterocycles. The summed E-state index contributed by atoms with van der Waals surface area (Å²) in [5, 5.41) is 0. The summed E-state index contributed by atoms with van der Waals surface area (Å²) in [5.74, 6) is 0.741. The Morgan fingerprint density at radius 3 is 2.27 bits per heavy atom. The summed E-state index contributed by atoms with van der Waals surface area (Å²) in [6.45, 7) is 5.86. The van der Waals surface area contributed by atoms with Crippen LogP contribution in [0.2, 0.25) is 0 Å². The van der Waals surface area contributed by atoms with Crippen molar-refractivity contribution in [3.63, 3.8) is 0 Å². The molecule has 0 atom stereocenters. The summed E-state index contributed by atoms with van der Waals surface area (Å²) < 4.78 is 11.5. The first-order chi connectivity index (χ1) is 10.6. The standard InChI is InChI=1S/C17H28N2O3/c1-3-4-6-9-21-15-12-16(22-10-7-5-8-18)14(17(19)20)11-13(15)2/h11-12H,3-10,18H2,1-2H3,(H2,19,20). The highest BCUT2D eigenvalue weighted by atomic mass is 16.5. The average molecular weight is 308 g/mol. The lowest BCUT2D eigenvalue weighted by molar-refractivity contribution is 0.0996. The molecule has 124 valence electrons. The Bertz CT molecular complexity index is 475. The van der Waals surface area contributed by atoms with Gasteiger partial charge < -0.3 is 20.9 Å². The first-order valence-electron chi connectivity index (χ1n) is 8.00. The summed E-state index contributed by atoms with van der Waals surface area (Å²) in [6.07, 6.45) is 5.03. The molecule has 0 spiro atoms.